The van der Waals surface area contributed by atoms with E-state index in [1.54, 1.807) is 0 Å². The van der Waals surface area contributed by atoms with Gasteiger partial charge in [-0.2, -0.15) is 0 Å². The molecule has 0 bridgehead atoms. The standard InChI is InChI=1S/C11H15ClO/c1-3-9(7-13)11-5-4-10(12)6-8(11)2/h4-6,9,13H,3,7H2,1-2H3. The Balaban J connectivity index is 2.99. The fraction of sp³-hybridized carbons (Fsp3) is 0.455. The number of halogens is 1. The summed E-state index contributed by atoms with van der Waals surface area (Å²) >= 11 is 5.85. The van der Waals surface area contributed by atoms with Crippen LogP contribution in [0.3, 0.4) is 0 Å². The first-order chi connectivity index (χ1) is 6.19. The highest BCUT2D eigenvalue weighted by atomic mass is 35.5. The first-order valence-corrected chi connectivity index (χ1v) is 4.93. The molecule has 1 nitrogen and oxygen atoms in total. The average molecular weight is 199 g/mol. The van der Waals surface area contributed by atoms with Crippen molar-refractivity contribution in [3.05, 3.63) is 34.3 Å². The Morgan fingerprint density at radius 3 is 2.62 bits per heavy atom. The molecule has 0 aromatic heterocycles. The number of rotatable bonds is 3. The molecule has 0 spiro atoms. The zero-order valence-electron chi connectivity index (χ0n) is 8.05. The molecule has 0 aliphatic rings. The number of hydrogen-bond acceptors (Lipinski definition) is 1. The summed E-state index contributed by atoms with van der Waals surface area (Å²) in [6, 6.07) is 5.82. The van der Waals surface area contributed by atoms with E-state index in [4.69, 9.17) is 16.7 Å². The van der Waals surface area contributed by atoms with Crippen LogP contribution in [0.25, 0.3) is 0 Å². The Morgan fingerprint density at radius 1 is 1.46 bits per heavy atom. The lowest BCUT2D eigenvalue weighted by Crippen LogP contribution is -2.04. The fourth-order valence-corrected chi connectivity index (χ4v) is 1.77. The Labute approximate surface area is 84.4 Å². The van der Waals surface area contributed by atoms with Crippen LogP contribution in [0.1, 0.15) is 30.4 Å². The molecule has 0 fully saturated rings. The van der Waals surface area contributed by atoms with Crippen LogP contribution in [0.5, 0.6) is 0 Å². The molecular formula is C11H15ClO. The van der Waals surface area contributed by atoms with Gasteiger partial charge in [0.05, 0.1) is 0 Å². The minimum absolute atomic E-state index is 0.207. The normalized spacial score (nSPS) is 12.9. The van der Waals surface area contributed by atoms with E-state index >= 15 is 0 Å². The molecule has 0 saturated heterocycles. The topological polar surface area (TPSA) is 20.2 Å². The lowest BCUT2D eigenvalue weighted by molar-refractivity contribution is 0.262. The molecule has 1 aromatic carbocycles. The van der Waals surface area contributed by atoms with Crippen LogP contribution in [-0.2, 0) is 0 Å². The van der Waals surface area contributed by atoms with E-state index in [-0.39, 0.29) is 12.5 Å². The molecule has 13 heavy (non-hydrogen) atoms. The Morgan fingerprint density at radius 2 is 2.15 bits per heavy atom. The molecule has 1 atom stereocenters. The number of aryl methyl sites for hydroxylation is 1. The monoisotopic (exact) mass is 198 g/mol. The first-order valence-electron chi connectivity index (χ1n) is 4.56. The predicted molar refractivity (Wildman–Crippen MR) is 56.3 cm³/mol. The summed E-state index contributed by atoms with van der Waals surface area (Å²) in [5.74, 6) is 0.247. The van der Waals surface area contributed by atoms with Crippen molar-refractivity contribution in [2.75, 3.05) is 6.61 Å². The van der Waals surface area contributed by atoms with E-state index in [0.717, 1.165) is 17.0 Å². The lowest BCUT2D eigenvalue weighted by Gasteiger charge is -2.14. The van der Waals surface area contributed by atoms with Gasteiger partial charge in [0, 0.05) is 17.5 Å². The molecular weight excluding hydrogens is 184 g/mol. The van der Waals surface area contributed by atoms with Gasteiger partial charge in [-0.25, -0.2) is 0 Å². The van der Waals surface area contributed by atoms with Crippen molar-refractivity contribution in [2.45, 2.75) is 26.2 Å². The van der Waals surface area contributed by atoms with Crippen molar-refractivity contribution in [1.82, 2.24) is 0 Å². The van der Waals surface area contributed by atoms with Crippen molar-refractivity contribution in [2.24, 2.45) is 0 Å². The molecule has 2 heteroatoms. The number of aliphatic hydroxyl groups excluding tert-OH is 1. The van der Waals surface area contributed by atoms with E-state index in [1.807, 2.05) is 25.1 Å². The van der Waals surface area contributed by atoms with Crippen LogP contribution in [0.2, 0.25) is 5.02 Å². The van der Waals surface area contributed by atoms with Crippen molar-refractivity contribution in [3.63, 3.8) is 0 Å². The molecule has 1 unspecified atom stereocenters. The molecule has 0 aliphatic heterocycles. The second kappa shape index (κ2) is 4.64. The summed E-state index contributed by atoms with van der Waals surface area (Å²) in [7, 11) is 0. The van der Waals surface area contributed by atoms with Gasteiger partial charge in [-0.1, -0.05) is 24.6 Å². The van der Waals surface area contributed by atoms with Crippen LogP contribution in [0.15, 0.2) is 18.2 Å². The van der Waals surface area contributed by atoms with E-state index in [2.05, 4.69) is 6.92 Å². The van der Waals surface area contributed by atoms with E-state index in [1.165, 1.54) is 5.56 Å². The summed E-state index contributed by atoms with van der Waals surface area (Å²) in [4.78, 5) is 0. The number of benzene rings is 1. The van der Waals surface area contributed by atoms with Gasteiger partial charge in [0.15, 0.2) is 0 Å². The average Bonchev–Trinajstić information content (AvgIpc) is 2.10. The van der Waals surface area contributed by atoms with Crippen LogP contribution >= 0.6 is 11.6 Å². The Hall–Kier alpha value is -0.530. The zero-order chi connectivity index (χ0) is 9.84. The molecule has 0 aliphatic carbocycles. The third-order valence-electron chi connectivity index (χ3n) is 2.38. The van der Waals surface area contributed by atoms with Gasteiger partial charge in [-0.05, 0) is 36.6 Å². The maximum Gasteiger partial charge on any atom is 0.0499 e. The third-order valence-corrected chi connectivity index (χ3v) is 2.62. The molecule has 1 rings (SSSR count). The van der Waals surface area contributed by atoms with E-state index in [0.29, 0.717) is 0 Å². The van der Waals surface area contributed by atoms with Crippen LogP contribution in [-0.4, -0.2) is 11.7 Å². The van der Waals surface area contributed by atoms with Crippen LogP contribution in [0.4, 0.5) is 0 Å². The maximum absolute atomic E-state index is 9.14. The van der Waals surface area contributed by atoms with Gasteiger partial charge in [0.2, 0.25) is 0 Å². The molecule has 1 N–H and O–H groups in total. The minimum Gasteiger partial charge on any atom is -0.396 e. The van der Waals surface area contributed by atoms with E-state index < -0.39 is 0 Å². The van der Waals surface area contributed by atoms with Crippen molar-refractivity contribution in [1.29, 1.82) is 0 Å². The van der Waals surface area contributed by atoms with Gasteiger partial charge < -0.3 is 5.11 Å². The third kappa shape index (κ3) is 2.45. The van der Waals surface area contributed by atoms with Crippen molar-refractivity contribution < 1.29 is 5.11 Å². The number of hydrogen-bond donors (Lipinski definition) is 1. The van der Waals surface area contributed by atoms with Crippen molar-refractivity contribution in [3.8, 4) is 0 Å². The molecule has 0 heterocycles. The second-order valence-electron chi connectivity index (χ2n) is 3.29. The molecule has 0 radical (unpaired) electrons. The summed E-state index contributed by atoms with van der Waals surface area (Å²) < 4.78 is 0. The summed E-state index contributed by atoms with van der Waals surface area (Å²) in [5, 5.41) is 9.90. The summed E-state index contributed by atoms with van der Waals surface area (Å²) in [6.45, 7) is 4.31. The van der Waals surface area contributed by atoms with Gasteiger partial charge in [0.1, 0.15) is 0 Å². The Bertz CT molecular complexity index is 279. The molecule has 72 valence electrons. The quantitative estimate of drug-likeness (QED) is 0.791. The smallest absolute Gasteiger partial charge is 0.0499 e. The highest BCUT2D eigenvalue weighted by Gasteiger charge is 2.10. The molecule has 0 saturated carbocycles. The second-order valence-corrected chi connectivity index (χ2v) is 3.73. The first kappa shape index (κ1) is 10.6. The van der Waals surface area contributed by atoms with Crippen LogP contribution < -0.4 is 0 Å². The van der Waals surface area contributed by atoms with Gasteiger partial charge in [0.25, 0.3) is 0 Å². The molecule has 1 aromatic rings. The fourth-order valence-electron chi connectivity index (χ4n) is 1.54. The SMILES string of the molecule is CCC(CO)c1ccc(Cl)cc1C. The predicted octanol–water partition coefficient (Wildman–Crippen LogP) is 3.13. The van der Waals surface area contributed by atoms with Gasteiger partial charge >= 0.3 is 0 Å². The molecule has 0 amide bonds. The number of aliphatic hydroxyl groups is 1. The summed E-state index contributed by atoms with van der Waals surface area (Å²) in [6.07, 6.45) is 0.957. The highest BCUT2D eigenvalue weighted by Crippen LogP contribution is 2.24. The van der Waals surface area contributed by atoms with Gasteiger partial charge in [-0.15, -0.1) is 0 Å². The van der Waals surface area contributed by atoms with Gasteiger partial charge in [-0.3, -0.25) is 0 Å². The maximum atomic E-state index is 9.14. The highest BCUT2D eigenvalue weighted by molar-refractivity contribution is 6.30. The van der Waals surface area contributed by atoms with E-state index in [9.17, 15) is 0 Å². The largest absolute Gasteiger partial charge is 0.396 e. The zero-order valence-corrected chi connectivity index (χ0v) is 8.80. The van der Waals surface area contributed by atoms with Crippen LogP contribution in [0, 0.1) is 6.92 Å². The Kier molecular flexibility index (Phi) is 3.76. The lowest BCUT2D eigenvalue weighted by atomic mass is 9.93. The minimum atomic E-state index is 0.207. The van der Waals surface area contributed by atoms with Crippen molar-refractivity contribution >= 4 is 11.6 Å². The summed E-state index contributed by atoms with van der Waals surface area (Å²) in [5.41, 5.74) is 2.36.